The van der Waals surface area contributed by atoms with Crippen molar-refractivity contribution < 1.29 is 5.11 Å². The molecule has 0 fully saturated rings. The zero-order chi connectivity index (χ0) is 10.4. The van der Waals surface area contributed by atoms with Crippen molar-refractivity contribution in [1.82, 2.24) is 0 Å². The Morgan fingerprint density at radius 1 is 1.43 bits per heavy atom. The molecule has 1 rings (SSSR count). The Morgan fingerprint density at radius 2 is 2.07 bits per heavy atom. The van der Waals surface area contributed by atoms with Crippen molar-refractivity contribution in [3.63, 3.8) is 0 Å². The molecular formula is C12H16OSe. The molecule has 0 aromatic heterocycles. The van der Waals surface area contributed by atoms with Crippen molar-refractivity contribution in [1.29, 1.82) is 0 Å². The van der Waals surface area contributed by atoms with Gasteiger partial charge in [0.25, 0.3) is 0 Å². The molecule has 1 aromatic carbocycles. The summed E-state index contributed by atoms with van der Waals surface area (Å²) >= 11 is 0.359. The average molecular weight is 255 g/mol. The van der Waals surface area contributed by atoms with E-state index in [4.69, 9.17) is 0 Å². The fourth-order valence-electron chi connectivity index (χ4n) is 1.10. The molecule has 0 radical (unpaired) electrons. The molecule has 1 nitrogen and oxygen atoms in total. The van der Waals surface area contributed by atoms with Gasteiger partial charge in [-0.15, -0.1) is 0 Å². The standard InChI is InChI=1S/C12H16OSe/c1-3-11(13)9-10(2)14-12-7-5-4-6-8-12/h4-9,11,13H,3H2,1-2H3/b10-9+. The first-order valence-electron chi connectivity index (χ1n) is 4.81. The first-order valence-corrected chi connectivity index (χ1v) is 6.53. The Labute approximate surface area is 92.0 Å². The molecule has 1 unspecified atom stereocenters. The van der Waals surface area contributed by atoms with E-state index in [0.717, 1.165) is 6.42 Å². The number of allylic oxidation sites excluding steroid dienone is 1. The van der Waals surface area contributed by atoms with E-state index < -0.39 is 0 Å². The zero-order valence-electron chi connectivity index (χ0n) is 8.60. The minimum atomic E-state index is -0.277. The van der Waals surface area contributed by atoms with E-state index in [2.05, 4.69) is 31.2 Å². The quantitative estimate of drug-likeness (QED) is 0.812. The van der Waals surface area contributed by atoms with Gasteiger partial charge in [-0.1, -0.05) is 0 Å². The van der Waals surface area contributed by atoms with Crippen LogP contribution in [-0.2, 0) is 0 Å². The van der Waals surface area contributed by atoms with E-state index in [9.17, 15) is 5.11 Å². The molecule has 1 aromatic rings. The molecule has 0 bridgehead atoms. The maximum atomic E-state index is 9.44. The monoisotopic (exact) mass is 256 g/mol. The number of aliphatic hydroxyl groups excluding tert-OH is 1. The molecular weight excluding hydrogens is 239 g/mol. The topological polar surface area (TPSA) is 20.2 Å². The minimum absolute atomic E-state index is 0.277. The predicted octanol–water partition coefficient (Wildman–Crippen LogP) is 1.69. The van der Waals surface area contributed by atoms with Gasteiger partial charge in [-0.3, -0.25) is 0 Å². The van der Waals surface area contributed by atoms with Gasteiger partial charge in [-0.25, -0.2) is 0 Å². The summed E-state index contributed by atoms with van der Waals surface area (Å²) in [5.41, 5.74) is 0. The van der Waals surface area contributed by atoms with Gasteiger partial charge >= 0.3 is 91.8 Å². The molecule has 1 atom stereocenters. The zero-order valence-corrected chi connectivity index (χ0v) is 10.3. The fourth-order valence-corrected chi connectivity index (χ4v) is 2.96. The summed E-state index contributed by atoms with van der Waals surface area (Å²) in [4.78, 5) is 0. The van der Waals surface area contributed by atoms with Crippen molar-refractivity contribution in [2.45, 2.75) is 26.4 Å². The summed E-state index contributed by atoms with van der Waals surface area (Å²) in [6.45, 7) is 4.08. The molecule has 0 saturated heterocycles. The molecule has 0 aliphatic carbocycles. The van der Waals surface area contributed by atoms with Crippen LogP contribution >= 0.6 is 0 Å². The third-order valence-corrected chi connectivity index (χ3v) is 3.89. The van der Waals surface area contributed by atoms with Crippen LogP contribution in [0.4, 0.5) is 0 Å². The number of rotatable bonds is 4. The maximum absolute atomic E-state index is 9.44. The summed E-state index contributed by atoms with van der Waals surface area (Å²) in [7, 11) is 0. The van der Waals surface area contributed by atoms with Crippen LogP contribution in [-0.4, -0.2) is 26.2 Å². The van der Waals surface area contributed by atoms with Gasteiger partial charge in [-0.2, -0.15) is 0 Å². The fraction of sp³-hybridized carbons (Fsp3) is 0.333. The summed E-state index contributed by atoms with van der Waals surface area (Å²) in [6.07, 6.45) is 2.48. The third-order valence-electron chi connectivity index (χ3n) is 1.87. The Morgan fingerprint density at radius 3 is 2.64 bits per heavy atom. The van der Waals surface area contributed by atoms with Crippen LogP contribution < -0.4 is 4.46 Å². The van der Waals surface area contributed by atoms with Crippen molar-refractivity contribution in [3.05, 3.63) is 40.9 Å². The van der Waals surface area contributed by atoms with Gasteiger partial charge in [0.05, 0.1) is 0 Å². The molecule has 2 heteroatoms. The number of hydrogen-bond donors (Lipinski definition) is 1. The van der Waals surface area contributed by atoms with Crippen molar-refractivity contribution in [3.8, 4) is 0 Å². The molecule has 0 spiro atoms. The Balaban J connectivity index is 2.57. The van der Waals surface area contributed by atoms with Gasteiger partial charge in [0, 0.05) is 0 Å². The second-order valence-corrected chi connectivity index (χ2v) is 5.94. The Bertz CT molecular complexity index is 292. The molecule has 1 N–H and O–H groups in total. The summed E-state index contributed by atoms with van der Waals surface area (Å²) in [6, 6.07) is 10.4. The molecule has 76 valence electrons. The molecule has 0 aliphatic heterocycles. The van der Waals surface area contributed by atoms with Crippen LogP contribution in [0.5, 0.6) is 0 Å². The summed E-state index contributed by atoms with van der Waals surface area (Å²) < 4.78 is 2.65. The average Bonchev–Trinajstić information content (AvgIpc) is 2.19. The van der Waals surface area contributed by atoms with Crippen LogP contribution in [0.2, 0.25) is 0 Å². The third kappa shape index (κ3) is 4.10. The first kappa shape index (κ1) is 11.5. The van der Waals surface area contributed by atoms with Crippen LogP contribution in [0, 0.1) is 0 Å². The summed E-state index contributed by atoms with van der Waals surface area (Å²) in [5.74, 6) is 0. The second-order valence-electron chi connectivity index (χ2n) is 3.17. The number of aliphatic hydroxyl groups is 1. The van der Waals surface area contributed by atoms with Gasteiger partial charge < -0.3 is 0 Å². The number of hydrogen-bond acceptors (Lipinski definition) is 1. The molecule has 0 saturated carbocycles. The van der Waals surface area contributed by atoms with E-state index >= 15 is 0 Å². The van der Waals surface area contributed by atoms with Crippen LogP contribution in [0.1, 0.15) is 20.3 Å². The second kappa shape index (κ2) is 6.02. The van der Waals surface area contributed by atoms with E-state index in [1.54, 1.807) is 0 Å². The van der Waals surface area contributed by atoms with Crippen LogP contribution in [0.25, 0.3) is 0 Å². The van der Waals surface area contributed by atoms with Gasteiger partial charge in [0.15, 0.2) is 0 Å². The van der Waals surface area contributed by atoms with E-state index in [1.807, 2.05) is 19.1 Å². The predicted molar refractivity (Wildman–Crippen MR) is 61.9 cm³/mol. The van der Waals surface area contributed by atoms with E-state index in [-0.39, 0.29) is 6.10 Å². The Hall–Kier alpha value is -0.561. The SMILES string of the molecule is CCC(O)/C=C(\C)[Se]c1ccccc1. The normalized spacial score (nSPS) is 14.1. The Kier molecular flexibility index (Phi) is 4.95. The molecule has 0 heterocycles. The van der Waals surface area contributed by atoms with E-state index in [0.29, 0.717) is 15.0 Å². The number of benzene rings is 1. The van der Waals surface area contributed by atoms with E-state index in [1.165, 1.54) is 8.93 Å². The molecule has 14 heavy (non-hydrogen) atoms. The van der Waals surface area contributed by atoms with Crippen molar-refractivity contribution >= 4 is 19.4 Å². The summed E-state index contributed by atoms with van der Waals surface area (Å²) in [5, 5.41) is 9.44. The van der Waals surface area contributed by atoms with Gasteiger partial charge in [0.2, 0.25) is 0 Å². The van der Waals surface area contributed by atoms with Crippen molar-refractivity contribution in [2.24, 2.45) is 0 Å². The van der Waals surface area contributed by atoms with Gasteiger partial charge in [0.1, 0.15) is 0 Å². The first-order chi connectivity index (χ1) is 6.72. The van der Waals surface area contributed by atoms with Crippen LogP contribution in [0.3, 0.4) is 0 Å². The van der Waals surface area contributed by atoms with Crippen molar-refractivity contribution in [2.75, 3.05) is 0 Å². The molecule has 0 amide bonds. The molecule has 0 aliphatic rings. The van der Waals surface area contributed by atoms with Crippen LogP contribution in [0.15, 0.2) is 40.9 Å². The van der Waals surface area contributed by atoms with Gasteiger partial charge in [-0.05, 0) is 0 Å².